The monoisotopic (exact) mass is 404 g/mol. The van der Waals surface area contributed by atoms with E-state index in [1.54, 1.807) is 12.1 Å². The number of nitrogens with one attached hydrogen (secondary N) is 1. The lowest BCUT2D eigenvalue weighted by Gasteiger charge is -2.11. The molecule has 1 N–H and O–H groups in total. The van der Waals surface area contributed by atoms with E-state index >= 15 is 0 Å². The lowest BCUT2D eigenvalue weighted by Crippen LogP contribution is -2.25. The summed E-state index contributed by atoms with van der Waals surface area (Å²) in [5.74, 6) is -0.370. The Kier molecular flexibility index (Phi) is 7.65. The first kappa shape index (κ1) is 21.5. The van der Waals surface area contributed by atoms with E-state index in [2.05, 4.69) is 19.7 Å². The number of hydrogen-bond acceptors (Lipinski definition) is 7. The Hall–Kier alpha value is -2.78. The third-order valence-corrected chi connectivity index (χ3v) is 5.35. The second-order valence-electron chi connectivity index (χ2n) is 6.18. The summed E-state index contributed by atoms with van der Waals surface area (Å²) in [5.41, 5.74) is 2.31. The molecule has 0 fully saturated rings. The van der Waals surface area contributed by atoms with Crippen LogP contribution in [0.1, 0.15) is 12.8 Å². The number of azo groups is 1. The lowest BCUT2D eigenvalue weighted by molar-refractivity contribution is -0.140. The molecule has 0 heterocycles. The summed E-state index contributed by atoms with van der Waals surface area (Å²) < 4.78 is 31.4. The highest BCUT2D eigenvalue weighted by molar-refractivity contribution is 7.89. The molecule has 2 aromatic rings. The number of anilines is 1. The van der Waals surface area contributed by atoms with Crippen LogP contribution in [0.3, 0.4) is 0 Å². The van der Waals surface area contributed by atoms with Crippen molar-refractivity contribution < 1.29 is 17.9 Å². The fraction of sp³-hybridized carbons (Fsp3) is 0.316. The van der Waals surface area contributed by atoms with Gasteiger partial charge in [-0.3, -0.25) is 4.79 Å². The van der Waals surface area contributed by atoms with Gasteiger partial charge in [0.2, 0.25) is 10.0 Å². The number of esters is 1. The number of sulfonamides is 1. The molecule has 0 aliphatic rings. The molecule has 2 aromatic carbocycles. The standard InChI is InChI=1S/C19H24N4O4S/c1-23(2)17-10-6-15(7-11-17)21-22-16-8-12-18(13-9-16)28(25,26)20-14-4-5-19(24)27-3/h6-13,20H,4-5,14H2,1-3H3. The molecule has 0 atom stereocenters. The predicted octanol–water partition coefficient (Wildman–Crippen LogP) is 3.40. The van der Waals surface area contributed by atoms with E-state index in [0.717, 1.165) is 5.69 Å². The van der Waals surface area contributed by atoms with Crippen molar-refractivity contribution in [2.75, 3.05) is 32.6 Å². The number of ether oxygens (including phenoxy) is 1. The van der Waals surface area contributed by atoms with Gasteiger partial charge in [0.05, 0.1) is 23.4 Å². The summed E-state index contributed by atoms with van der Waals surface area (Å²) in [6.45, 7) is 0.155. The second-order valence-corrected chi connectivity index (χ2v) is 7.95. The number of hydrogen-bond donors (Lipinski definition) is 1. The van der Waals surface area contributed by atoms with Crippen LogP contribution in [0.5, 0.6) is 0 Å². The van der Waals surface area contributed by atoms with Crippen molar-refractivity contribution in [3.63, 3.8) is 0 Å². The van der Waals surface area contributed by atoms with Crippen molar-refractivity contribution in [3.05, 3.63) is 48.5 Å². The van der Waals surface area contributed by atoms with Gasteiger partial charge >= 0.3 is 5.97 Å². The van der Waals surface area contributed by atoms with Gasteiger partial charge < -0.3 is 9.64 Å². The predicted molar refractivity (Wildman–Crippen MR) is 108 cm³/mol. The van der Waals surface area contributed by atoms with Crippen molar-refractivity contribution >= 4 is 33.1 Å². The number of carbonyl (C=O) groups excluding carboxylic acids is 1. The minimum absolute atomic E-state index is 0.125. The summed E-state index contributed by atoms with van der Waals surface area (Å²) in [4.78, 5) is 13.1. The fourth-order valence-electron chi connectivity index (χ4n) is 2.25. The molecule has 0 aliphatic heterocycles. The van der Waals surface area contributed by atoms with Gasteiger partial charge in [-0.05, 0) is 55.0 Å². The summed E-state index contributed by atoms with van der Waals surface area (Å²) in [5, 5.41) is 8.27. The Morgan fingerprint density at radius 1 is 1.00 bits per heavy atom. The molecule has 0 saturated carbocycles. The summed E-state index contributed by atoms with van der Waals surface area (Å²) in [6.07, 6.45) is 0.526. The zero-order chi connectivity index (χ0) is 20.6. The van der Waals surface area contributed by atoms with Crippen molar-refractivity contribution in [1.82, 2.24) is 4.72 Å². The highest BCUT2D eigenvalue weighted by Gasteiger charge is 2.13. The molecule has 0 unspecified atom stereocenters. The summed E-state index contributed by atoms with van der Waals surface area (Å²) in [7, 11) is 1.57. The largest absolute Gasteiger partial charge is 0.469 e. The van der Waals surface area contributed by atoms with Crippen LogP contribution in [0.2, 0.25) is 0 Å². The van der Waals surface area contributed by atoms with Gasteiger partial charge in [0.25, 0.3) is 0 Å². The zero-order valence-electron chi connectivity index (χ0n) is 16.1. The number of nitrogens with zero attached hydrogens (tertiary/aromatic N) is 3. The van der Waals surface area contributed by atoms with Crippen LogP contribution in [-0.2, 0) is 19.6 Å². The van der Waals surface area contributed by atoms with Gasteiger partial charge in [0.15, 0.2) is 0 Å². The Morgan fingerprint density at radius 3 is 2.04 bits per heavy atom. The van der Waals surface area contributed by atoms with Crippen molar-refractivity contribution in [2.45, 2.75) is 17.7 Å². The van der Waals surface area contributed by atoms with Gasteiger partial charge in [0, 0.05) is 32.7 Å². The molecule has 150 valence electrons. The quantitative estimate of drug-likeness (QED) is 0.392. The van der Waals surface area contributed by atoms with Gasteiger partial charge in [-0.2, -0.15) is 10.2 Å². The molecular weight excluding hydrogens is 380 g/mol. The average molecular weight is 404 g/mol. The van der Waals surface area contributed by atoms with Crippen LogP contribution in [0.15, 0.2) is 63.7 Å². The van der Waals surface area contributed by atoms with Crippen LogP contribution < -0.4 is 9.62 Å². The average Bonchev–Trinajstić information content (AvgIpc) is 2.70. The molecule has 0 amide bonds. The van der Waals surface area contributed by atoms with Gasteiger partial charge in [-0.25, -0.2) is 13.1 Å². The van der Waals surface area contributed by atoms with Gasteiger partial charge in [-0.15, -0.1) is 0 Å². The van der Waals surface area contributed by atoms with E-state index < -0.39 is 10.0 Å². The Bertz CT molecular complexity index is 908. The third-order valence-electron chi connectivity index (χ3n) is 3.87. The molecule has 28 heavy (non-hydrogen) atoms. The molecule has 0 saturated heterocycles. The highest BCUT2D eigenvalue weighted by Crippen LogP contribution is 2.22. The summed E-state index contributed by atoms with van der Waals surface area (Å²) in [6, 6.07) is 13.7. The Balaban J connectivity index is 1.95. The minimum atomic E-state index is -3.64. The van der Waals surface area contributed by atoms with Crippen LogP contribution in [0.25, 0.3) is 0 Å². The molecule has 2 rings (SSSR count). The van der Waals surface area contributed by atoms with E-state index in [1.165, 1.54) is 19.2 Å². The molecule has 9 heteroatoms. The van der Waals surface area contributed by atoms with E-state index in [4.69, 9.17) is 0 Å². The van der Waals surface area contributed by atoms with Gasteiger partial charge in [-0.1, -0.05) is 0 Å². The highest BCUT2D eigenvalue weighted by atomic mass is 32.2. The zero-order valence-corrected chi connectivity index (χ0v) is 16.9. The third kappa shape index (κ3) is 6.43. The maximum atomic E-state index is 12.2. The minimum Gasteiger partial charge on any atom is -0.469 e. The molecular formula is C19H24N4O4S. The molecule has 8 nitrogen and oxygen atoms in total. The lowest BCUT2D eigenvalue weighted by atomic mass is 10.3. The molecule has 0 aliphatic carbocycles. The van der Waals surface area contributed by atoms with E-state index in [9.17, 15) is 13.2 Å². The van der Waals surface area contributed by atoms with Crippen LogP contribution in [-0.4, -0.2) is 42.1 Å². The van der Waals surface area contributed by atoms with E-state index in [0.29, 0.717) is 17.8 Å². The van der Waals surface area contributed by atoms with Crippen LogP contribution in [0, 0.1) is 0 Å². The Labute approximate surface area is 165 Å². The smallest absolute Gasteiger partial charge is 0.305 e. The maximum absolute atomic E-state index is 12.2. The topological polar surface area (TPSA) is 100 Å². The van der Waals surface area contributed by atoms with Crippen LogP contribution >= 0.6 is 0 Å². The molecule has 0 radical (unpaired) electrons. The number of benzene rings is 2. The molecule has 0 spiro atoms. The first-order valence-electron chi connectivity index (χ1n) is 8.67. The maximum Gasteiger partial charge on any atom is 0.305 e. The molecule has 0 bridgehead atoms. The molecule has 0 aromatic heterocycles. The Morgan fingerprint density at radius 2 is 1.54 bits per heavy atom. The van der Waals surface area contributed by atoms with Crippen LogP contribution in [0.4, 0.5) is 17.1 Å². The van der Waals surface area contributed by atoms with Crippen molar-refractivity contribution in [1.29, 1.82) is 0 Å². The van der Waals surface area contributed by atoms with E-state index in [1.807, 2.05) is 43.3 Å². The summed E-state index contributed by atoms with van der Waals surface area (Å²) >= 11 is 0. The normalized spacial score (nSPS) is 11.5. The number of rotatable bonds is 9. The fourth-order valence-corrected chi connectivity index (χ4v) is 3.32. The van der Waals surface area contributed by atoms with Crippen molar-refractivity contribution in [2.24, 2.45) is 10.2 Å². The first-order chi connectivity index (χ1) is 13.3. The van der Waals surface area contributed by atoms with E-state index in [-0.39, 0.29) is 23.8 Å². The SMILES string of the molecule is COC(=O)CCCNS(=O)(=O)c1ccc(N=Nc2ccc(N(C)C)cc2)cc1. The second kappa shape index (κ2) is 9.95. The number of methoxy groups -OCH3 is 1. The number of carbonyl (C=O) groups is 1. The van der Waals surface area contributed by atoms with Gasteiger partial charge in [0.1, 0.15) is 0 Å². The van der Waals surface area contributed by atoms with Crippen molar-refractivity contribution in [3.8, 4) is 0 Å². The first-order valence-corrected chi connectivity index (χ1v) is 10.2.